The zero-order chi connectivity index (χ0) is 18.2. The molecule has 134 valence electrons. The molecule has 0 atom stereocenters. The van der Waals surface area contributed by atoms with Gasteiger partial charge in [-0.1, -0.05) is 29.4 Å². The van der Waals surface area contributed by atoms with Crippen molar-refractivity contribution < 1.29 is 9.59 Å². The van der Waals surface area contributed by atoms with Gasteiger partial charge in [-0.3, -0.25) is 14.2 Å². The molecule has 0 bridgehead atoms. The van der Waals surface area contributed by atoms with Gasteiger partial charge in [0.05, 0.1) is 18.0 Å². The van der Waals surface area contributed by atoms with E-state index in [0.717, 1.165) is 5.69 Å². The third-order valence-corrected chi connectivity index (χ3v) is 4.53. The molecular formula is C16H20ClN5O2S. The molecule has 2 amide bonds. The summed E-state index contributed by atoms with van der Waals surface area (Å²) in [5, 5.41) is 11.8. The van der Waals surface area contributed by atoms with Crippen molar-refractivity contribution >= 4 is 35.2 Å². The zero-order valence-corrected chi connectivity index (χ0v) is 15.7. The Kier molecular flexibility index (Phi) is 7.27. The molecule has 2 rings (SSSR count). The Hall–Kier alpha value is -2.06. The smallest absolute Gasteiger partial charge is 0.239 e. The van der Waals surface area contributed by atoms with Gasteiger partial charge in [-0.15, -0.1) is 10.2 Å². The normalized spacial score (nSPS) is 10.5. The van der Waals surface area contributed by atoms with E-state index in [2.05, 4.69) is 15.5 Å². The molecule has 0 radical (unpaired) electrons. The van der Waals surface area contributed by atoms with Crippen molar-refractivity contribution in [1.82, 2.24) is 25.0 Å². The minimum atomic E-state index is -0.162. The molecule has 0 saturated carbocycles. The molecule has 1 aromatic carbocycles. The highest BCUT2D eigenvalue weighted by atomic mass is 35.5. The quantitative estimate of drug-likeness (QED) is 0.707. The lowest BCUT2D eigenvalue weighted by Gasteiger charge is -2.19. The number of nitrogens with one attached hydrogen (secondary N) is 1. The Morgan fingerprint density at radius 1 is 1.36 bits per heavy atom. The van der Waals surface area contributed by atoms with E-state index in [9.17, 15) is 9.59 Å². The summed E-state index contributed by atoms with van der Waals surface area (Å²) in [5.41, 5.74) is 0.821. The van der Waals surface area contributed by atoms with Crippen molar-refractivity contribution in [2.45, 2.75) is 19.0 Å². The van der Waals surface area contributed by atoms with Crippen molar-refractivity contribution in [2.24, 2.45) is 0 Å². The highest BCUT2D eigenvalue weighted by Gasteiger charge is 2.17. The Labute approximate surface area is 155 Å². The highest BCUT2D eigenvalue weighted by molar-refractivity contribution is 7.99. The largest absolute Gasteiger partial charge is 0.355 e. The van der Waals surface area contributed by atoms with Crippen LogP contribution in [-0.2, 0) is 9.59 Å². The van der Waals surface area contributed by atoms with E-state index in [4.69, 9.17) is 11.6 Å². The number of rotatable bonds is 8. The second kappa shape index (κ2) is 9.43. The number of hydrogen-bond acceptors (Lipinski definition) is 5. The average Bonchev–Trinajstić information content (AvgIpc) is 3.06. The zero-order valence-electron chi connectivity index (χ0n) is 14.1. The minimum Gasteiger partial charge on any atom is -0.355 e. The lowest BCUT2D eigenvalue weighted by atomic mass is 10.3. The van der Waals surface area contributed by atoms with E-state index in [1.54, 1.807) is 23.0 Å². The maximum absolute atomic E-state index is 12.4. The number of likely N-dealkylation sites (N-methyl/N-ethyl adjacent to an activating group) is 2. The number of carbonyl (C=O) groups excluding carboxylic acids is 2. The lowest BCUT2D eigenvalue weighted by Crippen LogP contribution is -2.41. The van der Waals surface area contributed by atoms with Gasteiger partial charge in [-0.25, -0.2) is 0 Å². The Morgan fingerprint density at radius 3 is 2.84 bits per heavy atom. The summed E-state index contributed by atoms with van der Waals surface area (Å²) in [4.78, 5) is 25.5. The summed E-state index contributed by atoms with van der Waals surface area (Å²) in [6.45, 7) is 4.76. The first-order valence-corrected chi connectivity index (χ1v) is 9.24. The van der Waals surface area contributed by atoms with Crippen LogP contribution in [0.15, 0.2) is 35.7 Å². The second-order valence-electron chi connectivity index (χ2n) is 5.11. The van der Waals surface area contributed by atoms with Crippen LogP contribution in [0, 0.1) is 0 Å². The number of benzene rings is 1. The number of halogens is 1. The van der Waals surface area contributed by atoms with Gasteiger partial charge >= 0.3 is 0 Å². The molecule has 0 unspecified atom stereocenters. The SMILES string of the molecule is CCNC(=O)CN(CC)C(=O)CSc1nncn1-c1cccc(Cl)c1. The molecule has 1 heterocycles. The summed E-state index contributed by atoms with van der Waals surface area (Å²) in [6, 6.07) is 7.30. The van der Waals surface area contributed by atoms with Gasteiger partial charge < -0.3 is 10.2 Å². The van der Waals surface area contributed by atoms with Gasteiger partial charge in [0.25, 0.3) is 0 Å². The van der Waals surface area contributed by atoms with Gasteiger partial charge in [-0.2, -0.15) is 0 Å². The van der Waals surface area contributed by atoms with Crippen LogP contribution >= 0.6 is 23.4 Å². The maximum atomic E-state index is 12.4. The average molecular weight is 382 g/mol. The number of carbonyl (C=O) groups is 2. The molecule has 0 spiro atoms. The molecule has 25 heavy (non-hydrogen) atoms. The second-order valence-corrected chi connectivity index (χ2v) is 6.49. The maximum Gasteiger partial charge on any atom is 0.239 e. The van der Waals surface area contributed by atoms with Gasteiger partial charge in [0.15, 0.2) is 5.16 Å². The van der Waals surface area contributed by atoms with Crippen molar-refractivity contribution in [1.29, 1.82) is 0 Å². The molecule has 0 fully saturated rings. The minimum absolute atomic E-state index is 0.0602. The van der Waals surface area contributed by atoms with Crippen LogP contribution in [0.25, 0.3) is 5.69 Å². The summed E-state index contributed by atoms with van der Waals surface area (Å²) in [6.07, 6.45) is 1.57. The summed E-state index contributed by atoms with van der Waals surface area (Å²) in [5.74, 6) is -0.115. The van der Waals surface area contributed by atoms with E-state index in [0.29, 0.717) is 23.3 Å². The van der Waals surface area contributed by atoms with Crippen molar-refractivity contribution in [2.75, 3.05) is 25.4 Å². The van der Waals surface area contributed by atoms with Crippen molar-refractivity contribution in [3.05, 3.63) is 35.6 Å². The first kappa shape index (κ1) is 19.3. The number of hydrogen-bond donors (Lipinski definition) is 1. The van der Waals surface area contributed by atoms with Gasteiger partial charge in [-0.05, 0) is 32.0 Å². The summed E-state index contributed by atoms with van der Waals surface area (Å²) >= 11 is 7.29. The van der Waals surface area contributed by atoms with Crippen LogP contribution in [0.5, 0.6) is 0 Å². The Morgan fingerprint density at radius 2 is 2.16 bits per heavy atom. The molecule has 0 aliphatic heterocycles. The molecule has 9 heteroatoms. The van der Waals surface area contributed by atoms with E-state index >= 15 is 0 Å². The topological polar surface area (TPSA) is 80.1 Å². The number of nitrogens with zero attached hydrogens (tertiary/aromatic N) is 4. The Bertz CT molecular complexity index is 737. The van der Waals surface area contributed by atoms with Crippen LogP contribution in [0.1, 0.15) is 13.8 Å². The molecule has 7 nitrogen and oxygen atoms in total. The van der Waals surface area contributed by atoms with Crippen LogP contribution in [-0.4, -0.2) is 56.9 Å². The highest BCUT2D eigenvalue weighted by Crippen LogP contribution is 2.21. The van der Waals surface area contributed by atoms with Crippen LogP contribution in [0.3, 0.4) is 0 Å². The predicted octanol–water partition coefficient (Wildman–Crippen LogP) is 2.00. The molecule has 1 N–H and O–H groups in total. The first-order chi connectivity index (χ1) is 12.0. The number of thioether (sulfide) groups is 1. The van der Waals surface area contributed by atoms with Crippen LogP contribution < -0.4 is 5.32 Å². The van der Waals surface area contributed by atoms with Crippen molar-refractivity contribution in [3.8, 4) is 5.69 Å². The molecule has 2 aromatic rings. The van der Waals surface area contributed by atoms with Gasteiger partial charge in [0.2, 0.25) is 11.8 Å². The fourth-order valence-electron chi connectivity index (χ4n) is 2.15. The molecule has 1 aromatic heterocycles. The Balaban J connectivity index is 2.00. The molecule has 0 aliphatic carbocycles. The molecule has 0 aliphatic rings. The fraction of sp³-hybridized carbons (Fsp3) is 0.375. The van der Waals surface area contributed by atoms with Crippen molar-refractivity contribution in [3.63, 3.8) is 0 Å². The monoisotopic (exact) mass is 381 g/mol. The molecular weight excluding hydrogens is 362 g/mol. The summed E-state index contributed by atoms with van der Waals surface area (Å²) in [7, 11) is 0. The van der Waals surface area contributed by atoms with Crippen LogP contribution in [0.4, 0.5) is 0 Å². The fourth-order valence-corrected chi connectivity index (χ4v) is 3.16. The van der Waals surface area contributed by atoms with Crippen LogP contribution in [0.2, 0.25) is 5.02 Å². The standard InChI is InChI=1S/C16H20ClN5O2S/c1-3-18-14(23)9-21(4-2)15(24)10-25-16-20-19-11-22(16)13-7-5-6-12(17)8-13/h5-8,11H,3-4,9-10H2,1-2H3,(H,18,23). The summed E-state index contributed by atoms with van der Waals surface area (Å²) < 4.78 is 1.77. The van der Waals surface area contributed by atoms with E-state index < -0.39 is 0 Å². The number of aromatic nitrogens is 3. The van der Waals surface area contributed by atoms with E-state index in [-0.39, 0.29) is 24.1 Å². The van der Waals surface area contributed by atoms with E-state index in [1.165, 1.54) is 16.7 Å². The molecule has 0 saturated heterocycles. The van der Waals surface area contributed by atoms with Gasteiger partial charge in [0, 0.05) is 18.1 Å². The number of amides is 2. The third kappa shape index (κ3) is 5.47. The first-order valence-electron chi connectivity index (χ1n) is 7.88. The predicted molar refractivity (Wildman–Crippen MR) is 98.0 cm³/mol. The lowest BCUT2D eigenvalue weighted by molar-refractivity contribution is -0.133. The van der Waals surface area contributed by atoms with E-state index in [1.807, 2.05) is 26.0 Å². The third-order valence-electron chi connectivity index (χ3n) is 3.37. The van der Waals surface area contributed by atoms with Gasteiger partial charge in [0.1, 0.15) is 6.33 Å².